The van der Waals surface area contributed by atoms with Crippen molar-refractivity contribution in [2.75, 3.05) is 10.6 Å². The lowest BCUT2D eigenvalue weighted by Crippen LogP contribution is -1.99. The van der Waals surface area contributed by atoms with Crippen molar-refractivity contribution in [1.82, 2.24) is 19.9 Å². The van der Waals surface area contributed by atoms with Crippen LogP contribution in [0, 0.1) is 0 Å². The van der Waals surface area contributed by atoms with Crippen LogP contribution in [0.15, 0.2) is 146 Å². The molecule has 2 aromatic heterocycles. The van der Waals surface area contributed by atoms with Crippen LogP contribution in [-0.2, 0) is 0 Å². The summed E-state index contributed by atoms with van der Waals surface area (Å²) >= 11 is 12.6. The zero-order valence-electron chi connectivity index (χ0n) is 26.2. The van der Waals surface area contributed by atoms with Gasteiger partial charge in [-0.05, 0) is 81.2 Å². The monoisotopic (exact) mass is 692 g/mol. The Labute approximate surface area is 297 Å². The first-order chi connectivity index (χ1) is 24.5. The second-order valence-corrected chi connectivity index (χ2v) is 12.1. The summed E-state index contributed by atoms with van der Waals surface area (Å²) in [6.07, 6.45) is 0. The van der Waals surface area contributed by atoms with Gasteiger partial charge in [-0.1, -0.05) is 108 Å². The van der Waals surface area contributed by atoms with Gasteiger partial charge in [0.15, 0.2) is 0 Å². The minimum atomic E-state index is 0.264. The number of benzene rings is 6. The number of nitrogens with zero attached hydrogens (tertiary/aromatic N) is 4. The third-order valence-corrected chi connectivity index (χ3v) is 8.23. The molecule has 0 amide bonds. The molecule has 2 N–H and O–H groups in total. The Balaban J connectivity index is 0.918. The van der Waals surface area contributed by atoms with E-state index in [1.807, 2.05) is 121 Å². The molecule has 0 aliphatic carbocycles. The van der Waals surface area contributed by atoms with Gasteiger partial charge in [0.1, 0.15) is 21.8 Å². The van der Waals surface area contributed by atoms with Gasteiger partial charge >= 0.3 is 0 Å². The maximum Gasteiger partial charge on any atom is 0.231 e. The topological polar surface area (TPSA) is 94.1 Å². The maximum atomic E-state index is 6.32. The summed E-state index contributed by atoms with van der Waals surface area (Å²) in [5.74, 6) is 2.64. The van der Waals surface area contributed by atoms with Crippen LogP contribution in [0.3, 0.4) is 0 Å². The second-order valence-electron chi connectivity index (χ2n) is 11.3. The predicted molar refractivity (Wildman–Crippen MR) is 201 cm³/mol. The van der Waals surface area contributed by atoms with E-state index in [2.05, 4.69) is 42.7 Å². The SMILES string of the molecule is Clc1cc(Oc2ccc3ccccc3c2)nc(Nc2ccc(-c3ccc(Nc4nc(Cl)cc(Oc5ccc6ccccc6c5)n4)cc3)cc2)n1. The van der Waals surface area contributed by atoms with E-state index in [1.54, 1.807) is 12.1 Å². The largest absolute Gasteiger partial charge is 0.439 e. The van der Waals surface area contributed by atoms with Crippen LogP contribution in [0.2, 0.25) is 10.3 Å². The van der Waals surface area contributed by atoms with Crippen molar-refractivity contribution in [1.29, 1.82) is 0 Å². The highest BCUT2D eigenvalue weighted by molar-refractivity contribution is 6.29. The van der Waals surface area contributed by atoms with Crippen LogP contribution in [0.1, 0.15) is 0 Å². The molecule has 0 saturated carbocycles. The van der Waals surface area contributed by atoms with Crippen LogP contribution < -0.4 is 20.1 Å². The standard InChI is InChI=1S/C40H26Cl2N6O2/c41-35-23-37(49-33-19-13-25-5-1-3-7-29(25)21-33)47-39(45-35)43-31-15-9-27(10-16-31)28-11-17-32(18-12-28)44-40-46-36(42)24-38(48-40)50-34-20-14-26-6-2-4-8-30(26)22-34/h1-24H,(H,43,45,47)(H,44,46,48). The van der Waals surface area contributed by atoms with E-state index in [-0.39, 0.29) is 10.3 Å². The van der Waals surface area contributed by atoms with Gasteiger partial charge < -0.3 is 20.1 Å². The van der Waals surface area contributed by atoms with Gasteiger partial charge in [0.2, 0.25) is 23.7 Å². The molecule has 0 spiro atoms. The first kappa shape index (κ1) is 31.1. The Kier molecular flexibility index (Phi) is 8.53. The summed E-state index contributed by atoms with van der Waals surface area (Å²) in [4.78, 5) is 17.7. The Morgan fingerprint density at radius 2 is 0.800 bits per heavy atom. The highest BCUT2D eigenvalue weighted by Gasteiger charge is 2.10. The molecule has 0 aliphatic heterocycles. The molecule has 10 heteroatoms. The molecule has 6 aromatic carbocycles. The van der Waals surface area contributed by atoms with Crippen molar-refractivity contribution in [2.24, 2.45) is 0 Å². The Morgan fingerprint density at radius 3 is 1.22 bits per heavy atom. The molecule has 0 aliphatic rings. The summed E-state index contributed by atoms with van der Waals surface area (Å²) < 4.78 is 12.0. The van der Waals surface area contributed by atoms with E-state index in [9.17, 15) is 0 Å². The number of rotatable bonds is 9. The van der Waals surface area contributed by atoms with E-state index >= 15 is 0 Å². The van der Waals surface area contributed by atoms with Crippen molar-refractivity contribution in [3.05, 3.63) is 156 Å². The smallest absolute Gasteiger partial charge is 0.231 e. The number of ether oxygens (including phenoxy) is 2. The number of hydrogen-bond acceptors (Lipinski definition) is 8. The van der Waals surface area contributed by atoms with Crippen LogP contribution in [0.25, 0.3) is 32.7 Å². The number of anilines is 4. The van der Waals surface area contributed by atoms with E-state index in [0.29, 0.717) is 35.2 Å². The van der Waals surface area contributed by atoms with Gasteiger partial charge in [-0.15, -0.1) is 0 Å². The third-order valence-electron chi connectivity index (χ3n) is 7.84. The van der Waals surface area contributed by atoms with E-state index in [4.69, 9.17) is 32.7 Å². The van der Waals surface area contributed by atoms with Crippen LogP contribution >= 0.6 is 23.2 Å². The highest BCUT2D eigenvalue weighted by atomic mass is 35.5. The van der Waals surface area contributed by atoms with Crippen molar-refractivity contribution in [3.8, 4) is 34.4 Å². The summed E-state index contributed by atoms with van der Waals surface area (Å²) in [6.45, 7) is 0. The predicted octanol–water partition coefficient (Wildman–Crippen LogP) is 11.6. The van der Waals surface area contributed by atoms with Crippen molar-refractivity contribution in [3.63, 3.8) is 0 Å². The van der Waals surface area contributed by atoms with Gasteiger partial charge in [-0.3, -0.25) is 0 Å². The molecule has 0 fully saturated rings. The fourth-order valence-electron chi connectivity index (χ4n) is 5.46. The average molecular weight is 694 g/mol. The minimum Gasteiger partial charge on any atom is -0.439 e. The van der Waals surface area contributed by atoms with Crippen molar-refractivity contribution >= 4 is 68.0 Å². The number of fused-ring (bicyclic) bond motifs is 2. The van der Waals surface area contributed by atoms with Gasteiger partial charge in [0, 0.05) is 23.5 Å². The first-order valence-electron chi connectivity index (χ1n) is 15.7. The quantitative estimate of drug-likeness (QED) is 0.144. The van der Waals surface area contributed by atoms with Crippen LogP contribution in [-0.4, -0.2) is 19.9 Å². The molecule has 8 aromatic rings. The van der Waals surface area contributed by atoms with E-state index < -0.39 is 0 Å². The van der Waals surface area contributed by atoms with E-state index in [0.717, 1.165) is 44.0 Å². The Hall–Kier alpha value is -6.22. The van der Waals surface area contributed by atoms with Crippen LogP contribution in [0.5, 0.6) is 23.3 Å². The Bertz CT molecular complexity index is 2300. The van der Waals surface area contributed by atoms with Gasteiger partial charge in [0.05, 0.1) is 0 Å². The minimum absolute atomic E-state index is 0.264. The molecule has 0 radical (unpaired) electrons. The molecular formula is C40H26Cl2N6O2. The molecule has 0 unspecified atom stereocenters. The lowest BCUT2D eigenvalue weighted by atomic mass is 10.1. The lowest BCUT2D eigenvalue weighted by molar-refractivity contribution is 0.463. The van der Waals surface area contributed by atoms with Crippen LogP contribution in [0.4, 0.5) is 23.3 Å². The maximum absolute atomic E-state index is 6.32. The molecule has 50 heavy (non-hydrogen) atoms. The molecule has 8 rings (SSSR count). The molecule has 0 atom stereocenters. The van der Waals surface area contributed by atoms with Gasteiger partial charge in [-0.2, -0.15) is 9.97 Å². The molecule has 0 saturated heterocycles. The normalized spacial score (nSPS) is 11.0. The fraction of sp³-hybridized carbons (Fsp3) is 0. The number of hydrogen-bond donors (Lipinski definition) is 2. The third kappa shape index (κ3) is 7.27. The fourth-order valence-corrected chi connectivity index (χ4v) is 5.81. The zero-order valence-corrected chi connectivity index (χ0v) is 27.7. The van der Waals surface area contributed by atoms with Crippen molar-refractivity contribution < 1.29 is 9.47 Å². The van der Waals surface area contributed by atoms with Gasteiger partial charge in [0.25, 0.3) is 0 Å². The molecule has 2 heterocycles. The number of nitrogens with one attached hydrogen (secondary N) is 2. The molecular weight excluding hydrogens is 667 g/mol. The summed E-state index contributed by atoms with van der Waals surface area (Å²) in [5.41, 5.74) is 3.65. The van der Waals surface area contributed by atoms with Crippen molar-refractivity contribution in [2.45, 2.75) is 0 Å². The number of aromatic nitrogens is 4. The molecule has 0 bridgehead atoms. The lowest BCUT2D eigenvalue weighted by Gasteiger charge is -2.11. The molecule has 8 nitrogen and oxygen atoms in total. The van der Waals surface area contributed by atoms with E-state index in [1.165, 1.54) is 0 Å². The first-order valence-corrected chi connectivity index (χ1v) is 16.4. The average Bonchev–Trinajstić information content (AvgIpc) is 3.12. The highest BCUT2D eigenvalue weighted by Crippen LogP contribution is 2.30. The van der Waals surface area contributed by atoms with Gasteiger partial charge in [-0.25, -0.2) is 9.97 Å². The zero-order chi connectivity index (χ0) is 33.9. The summed E-state index contributed by atoms with van der Waals surface area (Å²) in [7, 11) is 0. The molecule has 242 valence electrons. The summed E-state index contributed by atoms with van der Waals surface area (Å²) in [6, 6.07) is 46.9. The Morgan fingerprint density at radius 1 is 0.400 bits per heavy atom. The summed E-state index contributed by atoms with van der Waals surface area (Å²) in [5, 5.41) is 11.4. The second kappa shape index (κ2) is 13.7. The number of halogens is 2.